The molecule has 0 unspecified atom stereocenters. The van der Waals surface area contributed by atoms with E-state index in [0.29, 0.717) is 12.6 Å². The Kier molecular flexibility index (Phi) is 6.72. The summed E-state index contributed by atoms with van der Waals surface area (Å²) in [5.74, 6) is -0.382. The number of ether oxygens (including phenoxy) is 1. The Morgan fingerprint density at radius 2 is 1.94 bits per heavy atom. The number of nitrogens with one attached hydrogen (secondary N) is 1. The Morgan fingerprint density at radius 3 is 2.50 bits per heavy atom. The van der Waals surface area contributed by atoms with E-state index < -0.39 is 0 Å². The van der Waals surface area contributed by atoms with E-state index in [-0.39, 0.29) is 24.3 Å². The molecule has 0 aromatic rings. The number of carbonyl (C=O) groups excluding carboxylic acids is 2. The number of unbranched alkanes of at least 4 members (excludes halogenated alkanes) is 1. The van der Waals surface area contributed by atoms with Gasteiger partial charge in [-0.2, -0.15) is 0 Å². The quantitative estimate of drug-likeness (QED) is 0.525. The molecule has 5 nitrogen and oxygen atoms in total. The van der Waals surface area contributed by atoms with E-state index in [1.165, 1.54) is 0 Å². The molecule has 0 spiro atoms. The number of nitrogens with two attached hydrogens (primary N) is 1. The minimum Gasteiger partial charge on any atom is -0.465 e. The SMILES string of the molecule is CCCCOC(=O)CNC1CCC(C(N)=O)CC1. The first-order valence-corrected chi connectivity index (χ1v) is 6.81. The van der Waals surface area contributed by atoms with E-state index in [1.807, 2.05) is 0 Å². The van der Waals surface area contributed by atoms with Crippen LogP contribution in [0.1, 0.15) is 45.4 Å². The van der Waals surface area contributed by atoms with Gasteiger partial charge in [0.15, 0.2) is 0 Å². The molecule has 0 aliphatic heterocycles. The fourth-order valence-electron chi connectivity index (χ4n) is 2.19. The summed E-state index contributed by atoms with van der Waals surface area (Å²) in [5, 5.41) is 3.18. The largest absolute Gasteiger partial charge is 0.465 e. The Hall–Kier alpha value is -1.10. The number of carbonyl (C=O) groups is 2. The van der Waals surface area contributed by atoms with E-state index >= 15 is 0 Å². The standard InChI is InChI=1S/C13H24N2O3/c1-2-3-8-18-12(16)9-15-11-6-4-10(5-7-11)13(14)17/h10-11,15H,2-9H2,1H3,(H2,14,17). The number of hydrogen-bond acceptors (Lipinski definition) is 4. The van der Waals surface area contributed by atoms with Gasteiger partial charge >= 0.3 is 5.97 Å². The van der Waals surface area contributed by atoms with Crippen molar-refractivity contribution in [2.75, 3.05) is 13.2 Å². The highest BCUT2D eigenvalue weighted by atomic mass is 16.5. The van der Waals surface area contributed by atoms with Gasteiger partial charge in [-0.1, -0.05) is 13.3 Å². The van der Waals surface area contributed by atoms with Gasteiger partial charge in [0.2, 0.25) is 5.91 Å². The van der Waals surface area contributed by atoms with Crippen LogP contribution in [0.25, 0.3) is 0 Å². The monoisotopic (exact) mass is 256 g/mol. The molecule has 0 saturated heterocycles. The Labute approximate surface area is 108 Å². The first-order valence-electron chi connectivity index (χ1n) is 6.81. The molecule has 1 aliphatic carbocycles. The molecule has 1 amide bonds. The smallest absolute Gasteiger partial charge is 0.319 e. The van der Waals surface area contributed by atoms with Crippen molar-refractivity contribution in [2.24, 2.45) is 11.7 Å². The van der Waals surface area contributed by atoms with E-state index in [1.54, 1.807) is 0 Å². The van der Waals surface area contributed by atoms with Gasteiger partial charge in [-0.3, -0.25) is 9.59 Å². The van der Waals surface area contributed by atoms with Crippen molar-refractivity contribution in [1.82, 2.24) is 5.32 Å². The molecule has 0 atom stereocenters. The topological polar surface area (TPSA) is 81.4 Å². The lowest BCUT2D eigenvalue weighted by molar-refractivity contribution is -0.143. The number of primary amides is 1. The van der Waals surface area contributed by atoms with Crippen molar-refractivity contribution in [3.63, 3.8) is 0 Å². The lowest BCUT2D eigenvalue weighted by Gasteiger charge is -2.27. The van der Waals surface area contributed by atoms with Crippen LogP contribution in [0.2, 0.25) is 0 Å². The van der Waals surface area contributed by atoms with Gasteiger partial charge < -0.3 is 15.8 Å². The maximum atomic E-state index is 11.4. The molecule has 0 aromatic heterocycles. The fraction of sp³-hybridized carbons (Fsp3) is 0.846. The minimum atomic E-state index is -0.201. The zero-order valence-corrected chi connectivity index (χ0v) is 11.1. The van der Waals surface area contributed by atoms with Crippen LogP contribution in [0, 0.1) is 5.92 Å². The summed E-state index contributed by atoms with van der Waals surface area (Å²) in [7, 11) is 0. The molecule has 1 aliphatic rings. The maximum absolute atomic E-state index is 11.4. The summed E-state index contributed by atoms with van der Waals surface area (Å²) >= 11 is 0. The fourth-order valence-corrected chi connectivity index (χ4v) is 2.19. The van der Waals surface area contributed by atoms with Crippen LogP contribution in [0.5, 0.6) is 0 Å². The first kappa shape index (κ1) is 15.0. The van der Waals surface area contributed by atoms with E-state index in [9.17, 15) is 9.59 Å². The number of amides is 1. The summed E-state index contributed by atoms with van der Waals surface area (Å²) in [6, 6.07) is 0.305. The molecule has 1 rings (SSSR count). The normalized spacial score (nSPS) is 23.6. The molecule has 104 valence electrons. The predicted molar refractivity (Wildman–Crippen MR) is 68.8 cm³/mol. The molecule has 1 fully saturated rings. The summed E-state index contributed by atoms with van der Waals surface area (Å²) in [4.78, 5) is 22.4. The zero-order chi connectivity index (χ0) is 13.4. The Morgan fingerprint density at radius 1 is 1.28 bits per heavy atom. The van der Waals surface area contributed by atoms with Crippen molar-refractivity contribution in [1.29, 1.82) is 0 Å². The van der Waals surface area contributed by atoms with E-state index in [4.69, 9.17) is 10.5 Å². The van der Waals surface area contributed by atoms with Gasteiger partial charge in [0, 0.05) is 12.0 Å². The summed E-state index contributed by atoms with van der Waals surface area (Å²) in [6.45, 7) is 2.82. The summed E-state index contributed by atoms with van der Waals surface area (Å²) in [5.41, 5.74) is 5.27. The maximum Gasteiger partial charge on any atom is 0.319 e. The van der Waals surface area contributed by atoms with Crippen LogP contribution >= 0.6 is 0 Å². The van der Waals surface area contributed by atoms with Crippen LogP contribution < -0.4 is 11.1 Å². The van der Waals surface area contributed by atoms with Crippen molar-refractivity contribution >= 4 is 11.9 Å². The predicted octanol–water partition coefficient (Wildman–Crippen LogP) is 0.963. The van der Waals surface area contributed by atoms with Crippen LogP contribution in [-0.4, -0.2) is 31.1 Å². The van der Waals surface area contributed by atoms with E-state index in [2.05, 4.69) is 12.2 Å². The average Bonchev–Trinajstić information content (AvgIpc) is 2.37. The lowest BCUT2D eigenvalue weighted by Crippen LogP contribution is -2.39. The summed E-state index contributed by atoms with van der Waals surface area (Å²) < 4.78 is 5.06. The van der Waals surface area contributed by atoms with E-state index in [0.717, 1.165) is 38.5 Å². The average molecular weight is 256 g/mol. The van der Waals surface area contributed by atoms with Crippen LogP contribution in [0.15, 0.2) is 0 Å². The van der Waals surface area contributed by atoms with Gasteiger partial charge in [0.1, 0.15) is 0 Å². The third kappa shape index (κ3) is 5.49. The highest BCUT2D eigenvalue weighted by molar-refractivity contribution is 5.76. The second-order valence-corrected chi connectivity index (χ2v) is 4.91. The van der Waals surface area contributed by atoms with Crippen LogP contribution in [0.3, 0.4) is 0 Å². The molecule has 1 saturated carbocycles. The Bertz CT molecular complexity index is 273. The van der Waals surface area contributed by atoms with Crippen molar-refractivity contribution < 1.29 is 14.3 Å². The molecule has 0 radical (unpaired) electrons. The first-order chi connectivity index (χ1) is 8.63. The number of esters is 1. The van der Waals surface area contributed by atoms with Crippen molar-refractivity contribution in [3.05, 3.63) is 0 Å². The van der Waals surface area contributed by atoms with Crippen molar-refractivity contribution in [2.45, 2.75) is 51.5 Å². The van der Waals surface area contributed by atoms with Crippen LogP contribution in [-0.2, 0) is 14.3 Å². The second-order valence-electron chi connectivity index (χ2n) is 4.91. The molecule has 0 aromatic carbocycles. The molecule has 18 heavy (non-hydrogen) atoms. The Balaban J connectivity index is 2.10. The molecule has 0 bridgehead atoms. The van der Waals surface area contributed by atoms with Gasteiger partial charge in [-0.05, 0) is 32.1 Å². The zero-order valence-electron chi connectivity index (χ0n) is 11.1. The van der Waals surface area contributed by atoms with Gasteiger partial charge in [0.05, 0.1) is 13.2 Å². The highest BCUT2D eigenvalue weighted by Crippen LogP contribution is 2.23. The minimum absolute atomic E-state index is 0.0135. The third-order valence-corrected chi connectivity index (χ3v) is 3.43. The molecule has 0 heterocycles. The lowest BCUT2D eigenvalue weighted by atomic mass is 9.85. The molecule has 5 heteroatoms. The third-order valence-electron chi connectivity index (χ3n) is 3.43. The van der Waals surface area contributed by atoms with Gasteiger partial charge in [-0.15, -0.1) is 0 Å². The van der Waals surface area contributed by atoms with Crippen molar-refractivity contribution in [3.8, 4) is 0 Å². The molecule has 3 N–H and O–H groups in total. The van der Waals surface area contributed by atoms with Crippen LogP contribution in [0.4, 0.5) is 0 Å². The second kappa shape index (κ2) is 8.08. The van der Waals surface area contributed by atoms with Gasteiger partial charge in [0.25, 0.3) is 0 Å². The number of hydrogen-bond donors (Lipinski definition) is 2. The summed E-state index contributed by atoms with van der Waals surface area (Å²) in [6.07, 6.45) is 5.37. The molecular weight excluding hydrogens is 232 g/mol. The highest BCUT2D eigenvalue weighted by Gasteiger charge is 2.24. The number of rotatable bonds is 7. The van der Waals surface area contributed by atoms with Gasteiger partial charge in [-0.25, -0.2) is 0 Å². The molecular formula is C13H24N2O3.